The summed E-state index contributed by atoms with van der Waals surface area (Å²) >= 11 is 0. The number of rotatable bonds is 4. The number of hydrogen-bond acceptors (Lipinski definition) is 3. The second-order valence-corrected chi connectivity index (χ2v) is 4.12. The summed E-state index contributed by atoms with van der Waals surface area (Å²) in [4.78, 5) is 13.5. The Labute approximate surface area is 91.3 Å². The van der Waals surface area contributed by atoms with Crippen molar-refractivity contribution in [2.24, 2.45) is 5.73 Å². The second-order valence-electron chi connectivity index (χ2n) is 4.12. The molecule has 4 heteroatoms. The average molecular weight is 211 g/mol. The molecule has 0 aromatic carbocycles. The third kappa shape index (κ3) is 2.56. The Morgan fingerprint density at radius 1 is 1.53 bits per heavy atom. The Bertz CT molecular complexity index is 252. The van der Waals surface area contributed by atoms with Gasteiger partial charge in [-0.05, 0) is 13.3 Å². The standard InChI is InChI=1S/C11H21N3O/c1-3-5-6-8-7-9(15)10(12)11(13)14(8)4-2/h8,10,13H,3-7,12H2,1-2H3. The van der Waals surface area contributed by atoms with Crippen LogP contribution in [0.5, 0.6) is 0 Å². The van der Waals surface area contributed by atoms with Crippen LogP contribution in [0.2, 0.25) is 0 Å². The van der Waals surface area contributed by atoms with Crippen LogP contribution in [-0.2, 0) is 4.79 Å². The lowest BCUT2D eigenvalue weighted by Gasteiger charge is -2.39. The number of amidine groups is 1. The van der Waals surface area contributed by atoms with Crippen molar-refractivity contribution in [3.05, 3.63) is 0 Å². The Hall–Kier alpha value is -0.900. The molecule has 0 bridgehead atoms. The molecule has 3 N–H and O–H groups in total. The Morgan fingerprint density at radius 2 is 2.20 bits per heavy atom. The van der Waals surface area contributed by atoms with Crippen LogP contribution in [0, 0.1) is 5.41 Å². The highest BCUT2D eigenvalue weighted by Gasteiger charge is 2.34. The SMILES string of the molecule is CCCCC1CC(=O)C(N)C(=N)N1CC. The van der Waals surface area contributed by atoms with Gasteiger partial charge < -0.3 is 10.6 Å². The number of Topliss-reactive ketones (excluding diaryl/α,β-unsaturated/α-hetero) is 1. The third-order valence-corrected chi connectivity index (χ3v) is 3.06. The maximum atomic E-state index is 11.5. The van der Waals surface area contributed by atoms with E-state index >= 15 is 0 Å². The van der Waals surface area contributed by atoms with Crippen LogP contribution < -0.4 is 5.73 Å². The van der Waals surface area contributed by atoms with E-state index < -0.39 is 6.04 Å². The molecule has 2 unspecified atom stereocenters. The molecule has 0 aromatic rings. The first-order chi connectivity index (χ1) is 7.11. The highest BCUT2D eigenvalue weighted by atomic mass is 16.1. The van der Waals surface area contributed by atoms with Gasteiger partial charge >= 0.3 is 0 Å². The van der Waals surface area contributed by atoms with Gasteiger partial charge in [0.2, 0.25) is 0 Å². The van der Waals surface area contributed by atoms with E-state index in [1.165, 1.54) is 0 Å². The summed E-state index contributed by atoms with van der Waals surface area (Å²) < 4.78 is 0. The van der Waals surface area contributed by atoms with Gasteiger partial charge in [-0.25, -0.2) is 0 Å². The van der Waals surface area contributed by atoms with Gasteiger partial charge in [-0.1, -0.05) is 19.8 Å². The summed E-state index contributed by atoms with van der Waals surface area (Å²) in [7, 11) is 0. The van der Waals surface area contributed by atoms with Crippen LogP contribution >= 0.6 is 0 Å². The molecule has 0 radical (unpaired) electrons. The van der Waals surface area contributed by atoms with Gasteiger partial charge in [0.05, 0.1) is 0 Å². The number of nitrogens with one attached hydrogen (secondary N) is 1. The van der Waals surface area contributed by atoms with E-state index in [1.807, 2.05) is 11.8 Å². The number of carbonyl (C=O) groups is 1. The lowest BCUT2D eigenvalue weighted by molar-refractivity contribution is -0.121. The van der Waals surface area contributed by atoms with Gasteiger partial charge in [-0.3, -0.25) is 10.2 Å². The Balaban J connectivity index is 2.69. The van der Waals surface area contributed by atoms with Crippen molar-refractivity contribution in [1.29, 1.82) is 5.41 Å². The molecular weight excluding hydrogens is 190 g/mol. The normalized spacial score (nSPS) is 27.3. The van der Waals surface area contributed by atoms with Crippen LogP contribution in [0.15, 0.2) is 0 Å². The minimum atomic E-state index is -0.692. The maximum Gasteiger partial charge on any atom is 0.159 e. The van der Waals surface area contributed by atoms with E-state index in [1.54, 1.807) is 0 Å². The lowest BCUT2D eigenvalue weighted by atomic mass is 9.93. The molecule has 1 rings (SSSR count). The molecule has 1 saturated heterocycles. The van der Waals surface area contributed by atoms with Crippen LogP contribution in [-0.4, -0.2) is 35.1 Å². The number of likely N-dealkylation sites (N-methyl/N-ethyl adjacent to an activating group) is 1. The van der Waals surface area contributed by atoms with Crippen molar-refractivity contribution in [3.8, 4) is 0 Å². The zero-order chi connectivity index (χ0) is 11.4. The summed E-state index contributed by atoms with van der Waals surface area (Å²) in [5.74, 6) is 0.320. The summed E-state index contributed by atoms with van der Waals surface area (Å²) in [6.45, 7) is 4.92. The molecule has 15 heavy (non-hydrogen) atoms. The first-order valence-corrected chi connectivity index (χ1v) is 5.75. The highest BCUT2D eigenvalue weighted by Crippen LogP contribution is 2.19. The Kier molecular flexibility index (Phi) is 4.27. The highest BCUT2D eigenvalue weighted by molar-refractivity contribution is 6.08. The van der Waals surface area contributed by atoms with Crippen molar-refractivity contribution >= 4 is 11.6 Å². The largest absolute Gasteiger partial charge is 0.356 e. The quantitative estimate of drug-likeness (QED) is 0.732. The van der Waals surface area contributed by atoms with E-state index in [0.29, 0.717) is 12.3 Å². The number of likely N-dealkylation sites (tertiary alicyclic amines) is 1. The van der Waals surface area contributed by atoms with Gasteiger partial charge in [-0.2, -0.15) is 0 Å². The molecular formula is C11H21N3O. The Morgan fingerprint density at radius 3 is 2.73 bits per heavy atom. The molecule has 1 heterocycles. The molecule has 0 aliphatic carbocycles. The van der Waals surface area contributed by atoms with Crippen molar-refractivity contribution in [1.82, 2.24) is 4.90 Å². The van der Waals surface area contributed by atoms with Gasteiger partial charge in [0.15, 0.2) is 5.78 Å². The summed E-state index contributed by atoms with van der Waals surface area (Å²) in [6, 6.07) is -0.488. The molecule has 0 aromatic heterocycles. The number of ketones is 1. The van der Waals surface area contributed by atoms with Crippen LogP contribution in [0.1, 0.15) is 39.5 Å². The van der Waals surface area contributed by atoms with E-state index in [0.717, 1.165) is 25.8 Å². The fraction of sp³-hybridized carbons (Fsp3) is 0.818. The van der Waals surface area contributed by atoms with Gasteiger partial charge in [0.1, 0.15) is 11.9 Å². The molecule has 4 nitrogen and oxygen atoms in total. The molecule has 1 aliphatic rings. The van der Waals surface area contributed by atoms with Gasteiger partial charge in [0, 0.05) is 19.0 Å². The zero-order valence-electron chi connectivity index (χ0n) is 9.62. The average Bonchev–Trinajstić information content (AvgIpc) is 2.23. The number of nitrogens with zero attached hydrogens (tertiary/aromatic N) is 1. The molecule has 2 atom stereocenters. The molecule has 0 spiro atoms. The smallest absolute Gasteiger partial charge is 0.159 e. The fourth-order valence-corrected chi connectivity index (χ4v) is 2.12. The number of piperidine rings is 1. The van der Waals surface area contributed by atoms with E-state index in [4.69, 9.17) is 11.1 Å². The zero-order valence-corrected chi connectivity index (χ0v) is 9.62. The minimum absolute atomic E-state index is 0.0193. The van der Waals surface area contributed by atoms with Crippen LogP contribution in [0.4, 0.5) is 0 Å². The summed E-state index contributed by atoms with van der Waals surface area (Å²) in [5.41, 5.74) is 5.66. The van der Waals surface area contributed by atoms with Gasteiger partial charge in [0.25, 0.3) is 0 Å². The van der Waals surface area contributed by atoms with Crippen LogP contribution in [0.3, 0.4) is 0 Å². The van der Waals surface area contributed by atoms with E-state index in [-0.39, 0.29) is 11.8 Å². The molecule has 1 fully saturated rings. The fourth-order valence-electron chi connectivity index (χ4n) is 2.12. The van der Waals surface area contributed by atoms with E-state index in [9.17, 15) is 4.79 Å². The molecule has 0 saturated carbocycles. The predicted octanol–water partition coefficient (Wildman–Crippen LogP) is 1.14. The first-order valence-electron chi connectivity index (χ1n) is 5.75. The number of nitrogens with two attached hydrogens (primary N) is 1. The minimum Gasteiger partial charge on any atom is -0.356 e. The lowest BCUT2D eigenvalue weighted by Crippen LogP contribution is -2.57. The molecule has 86 valence electrons. The second kappa shape index (κ2) is 5.26. The van der Waals surface area contributed by atoms with E-state index in [2.05, 4.69) is 6.92 Å². The van der Waals surface area contributed by atoms with Crippen molar-refractivity contribution in [3.63, 3.8) is 0 Å². The predicted molar refractivity (Wildman–Crippen MR) is 61.0 cm³/mol. The molecule has 1 aliphatic heterocycles. The summed E-state index contributed by atoms with van der Waals surface area (Å²) in [6.07, 6.45) is 3.74. The summed E-state index contributed by atoms with van der Waals surface area (Å²) in [5, 5.41) is 7.83. The van der Waals surface area contributed by atoms with Gasteiger partial charge in [-0.15, -0.1) is 0 Å². The molecule has 0 amide bonds. The number of hydrogen-bond donors (Lipinski definition) is 2. The van der Waals surface area contributed by atoms with Crippen LogP contribution in [0.25, 0.3) is 0 Å². The topological polar surface area (TPSA) is 70.2 Å². The van der Waals surface area contributed by atoms with Crippen molar-refractivity contribution in [2.75, 3.05) is 6.54 Å². The maximum absolute atomic E-state index is 11.5. The number of carbonyl (C=O) groups excluding carboxylic acids is 1. The third-order valence-electron chi connectivity index (χ3n) is 3.06. The number of unbranched alkanes of at least 4 members (excludes halogenated alkanes) is 1. The van der Waals surface area contributed by atoms with Crippen molar-refractivity contribution < 1.29 is 4.79 Å². The van der Waals surface area contributed by atoms with Crippen molar-refractivity contribution in [2.45, 2.75) is 51.6 Å². The first kappa shape index (κ1) is 12.2. The monoisotopic (exact) mass is 211 g/mol.